The molecule has 4 rings (SSSR count). The van der Waals surface area contributed by atoms with E-state index in [1.807, 2.05) is 11.9 Å². The Morgan fingerprint density at radius 3 is 2.43 bits per heavy atom. The average Bonchev–Trinajstić information content (AvgIpc) is 2.70. The van der Waals surface area contributed by atoms with E-state index in [2.05, 4.69) is 0 Å². The Morgan fingerprint density at radius 2 is 1.77 bits per heavy atom. The van der Waals surface area contributed by atoms with Crippen molar-refractivity contribution in [3.8, 4) is 5.75 Å². The second kappa shape index (κ2) is 7.37. The molecule has 2 aromatic rings. The summed E-state index contributed by atoms with van der Waals surface area (Å²) in [5.74, 6) is 0.377. The summed E-state index contributed by atoms with van der Waals surface area (Å²) < 4.78 is 32.2. The van der Waals surface area contributed by atoms with Crippen molar-refractivity contribution in [2.24, 2.45) is 0 Å². The second-order valence-corrected chi connectivity index (χ2v) is 10.4. The third-order valence-electron chi connectivity index (χ3n) is 5.83. The smallest absolute Gasteiger partial charge is 0.237 e. The van der Waals surface area contributed by atoms with Gasteiger partial charge in [0.25, 0.3) is 0 Å². The summed E-state index contributed by atoms with van der Waals surface area (Å²) in [6, 6.07) is 12.2. The van der Waals surface area contributed by atoms with Crippen LogP contribution in [0.15, 0.2) is 58.3 Å². The van der Waals surface area contributed by atoms with E-state index in [-0.39, 0.29) is 22.2 Å². The Kier molecular flexibility index (Phi) is 5.12. The van der Waals surface area contributed by atoms with E-state index in [0.717, 1.165) is 0 Å². The molecule has 0 bridgehead atoms. The summed E-state index contributed by atoms with van der Waals surface area (Å²) in [6.07, 6.45) is -1.01. The fraction of sp³-hybridized carbons (Fsp3) is 0.409. The average molecular weight is 431 g/mol. The zero-order chi connectivity index (χ0) is 21.7. The van der Waals surface area contributed by atoms with Gasteiger partial charge in [0.2, 0.25) is 15.7 Å². The van der Waals surface area contributed by atoms with Crippen molar-refractivity contribution in [3.63, 3.8) is 0 Å². The first kappa shape index (κ1) is 20.8. The van der Waals surface area contributed by atoms with Crippen LogP contribution in [0.2, 0.25) is 0 Å². The third kappa shape index (κ3) is 3.49. The van der Waals surface area contributed by atoms with Gasteiger partial charge in [-0.2, -0.15) is 0 Å². The Morgan fingerprint density at radius 1 is 1.07 bits per heavy atom. The van der Waals surface area contributed by atoms with Gasteiger partial charge in [-0.3, -0.25) is 9.69 Å². The fourth-order valence-electron chi connectivity index (χ4n) is 4.08. The van der Waals surface area contributed by atoms with Crippen LogP contribution in [0.5, 0.6) is 5.75 Å². The lowest BCUT2D eigenvalue weighted by atomic mass is 9.85. The number of aliphatic hydroxyl groups excluding tert-OH is 1. The molecule has 2 aliphatic rings. The number of carbonyl (C=O) groups excluding carboxylic acids is 1. The molecule has 0 unspecified atom stereocenters. The first-order valence-electron chi connectivity index (χ1n) is 9.90. The molecule has 0 aromatic heterocycles. The van der Waals surface area contributed by atoms with Gasteiger partial charge in [0.1, 0.15) is 17.5 Å². The van der Waals surface area contributed by atoms with E-state index in [4.69, 9.17) is 4.74 Å². The van der Waals surface area contributed by atoms with Crippen molar-refractivity contribution in [1.82, 2.24) is 9.80 Å². The number of ether oxygens (including phenoxy) is 1. The van der Waals surface area contributed by atoms with Gasteiger partial charge in [0.05, 0.1) is 22.4 Å². The van der Waals surface area contributed by atoms with Crippen molar-refractivity contribution in [3.05, 3.63) is 54.1 Å². The van der Waals surface area contributed by atoms with Gasteiger partial charge in [-0.15, -0.1) is 0 Å². The maximum absolute atomic E-state index is 13.1. The van der Waals surface area contributed by atoms with Crippen LogP contribution in [0.1, 0.15) is 25.5 Å². The van der Waals surface area contributed by atoms with Crippen LogP contribution < -0.4 is 4.74 Å². The number of likely N-dealkylation sites (N-methyl/N-ethyl adjacent to an activating group) is 1. The van der Waals surface area contributed by atoms with Gasteiger partial charge in [-0.25, -0.2) is 8.42 Å². The molecule has 0 aliphatic carbocycles. The molecule has 0 saturated carbocycles. The van der Waals surface area contributed by atoms with Crippen molar-refractivity contribution in [2.45, 2.75) is 41.4 Å². The zero-order valence-corrected chi connectivity index (χ0v) is 18.1. The summed E-state index contributed by atoms with van der Waals surface area (Å²) in [4.78, 5) is 16.7. The minimum atomic E-state index is -3.74. The Labute approximate surface area is 176 Å². The largest absolute Gasteiger partial charge is 0.485 e. The molecular weight excluding hydrogens is 404 g/mol. The van der Waals surface area contributed by atoms with Crippen LogP contribution in [-0.4, -0.2) is 67.6 Å². The van der Waals surface area contributed by atoms with Gasteiger partial charge in [0, 0.05) is 18.7 Å². The van der Waals surface area contributed by atoms with E-state index < -0.39 is 27.6 Å². The first-order valence-corrected chi connectivity index (χ1v) is 11.4. The van der Waals surface area contributed by atoms with Crippen LogP contribution in [0.25, 0.3) is 0 Å². The molecule has 0 radical (unpaired) electrons. The standard InChI is InChI=1S/C22H26N2O5S/c1-22(2)21(26)20(24-12-11-23(3)14-19(24)25)17-13-16(9-10-18(17)29-22)30(27,28)15-7-5-4-6-8-15/h4-10,13,20-21,26H,11-12,14H2,1-3H3/t20-,21+/m1/s1. The van der Waals surface area contributed by atoms with Crippen LogP contribution >= 0.6 is 0 Å². The molecule has 1 fully saturated rings. The number of hydrogen-bond acceptors (Lipinski definition) is 6. The maximum Gasteiger partial charge on any atom is 0.237 e. The predicted molar refractivity (Wildman–Crippen MR) is 111 cm³/mol. The van der Waals surface area contributed by atoms with E-state index in [1.54, 1.807) is 55.1 Å². The highest BCUT2D eigenvalue weighted by molar-refractivity contribution is 7.91. The second-order valence-electron chi connectivity index (χ2n) is 8.44. The maximum atomic E-state index is 13.1. The van der Waals surface area contributed by atoms with E-state index in [1.165, 1.54) is 12.1 Å². The number of amides is 1. The number of fused-ring (bicyclic) bond motifs is 1. The fourth-order valence-corrected chi connectivity index (χ4v) is 5.40. The predicted octanol–water partition coefficient (Wildman–Crippen LogP) is 1.87. The molecule has 0 spiro atoms. The lowest BCUT2D eigenvalue weighted by Crippen LogP contribution is -2.58. The quantitative estimate of drug-likeness (QED) is 0.800. The number of sulfone groups is 1. The molecule has 7 nitrogen and oxygen atoms in total. The molecule has 1 N–H and O–H groups in total. The van der Waals surface area contributed by atoms with Crippen molar-refractivity contribution >= 4 is 15.7 Å². The van der Waals surface area contributed by atoms with E-state index in [0.29, 0.717) is 24.4 Å². The number of aliphatic hydroxyl groups is 1. The summed E-state index contributed by atoms with van der Waals surface area (Å²) in [5.41, 5.74) is -0.419. The highest BCUT2D eigenvalue weighted by Gasteiger charge is 2.47. The molecule has 2 heterocycles. The molecule has 30 heavy (non-hydrogen) atoms. The molecule has 2 aromatic carbocycles. The Hall–Kier alpha value is -2.42. The highest BCUT2D eigenvalue weighted by Crippen LogP contribution is 2.44. The number of hydrogen-bond donors (Lipinski definition) is 1. The molecule has 8 heteroatoms. The number of nitrogens with zero attached hydrogens (tertiary/aromatic N) is 2. The summed E-state index contributed by atoms with van der Waals surface area (Å²) in [6.45, 7) is 4.91. The lowest BCUT2D eigenvalue weighted by molar-refractivity contribution is -0.149. The normalized spacial score (nSPS) is 24.3. The number of carbonyl (C=O) groups is 1. The third-order valence-corrected chi connectivity index (χ3v) is 7.60. The summed E-state index contributed by atoms with van der Waals surface area (Å²) in [7, 11) is -1.87. The lowest BCUT2D eigenvalue weighted by Gasteiger charge is -2.48. The van der Waals surface area contributed by atoms with Crippen molar-refractivity contribution in [2.75, 3.05) is 26.7 Å². The number of benzene rings is 2. The van der Waals surface area contributed by atoms with Gasteiger partial charge >= 0.3 is 0 Å². The molecule has 1 amide bonds. The van der Waals surface area contributed by atoms with Gasteiger partial charge < -0.3 is 14.7 Å². The van der Waals surface area contributed by atoms with E-state index >= 15 is 0 Å². The molecule has 2 aliphatic heterocycles. The molecule has 1 saturated heterocycles. The SMILES string of the molecule is CN1CCN([C@@H]2c3cc(S(=O)(=O)c4ccccc4)ccc3OC(C)(C)[C@H]2O)C(=O)C1. The minimum absolute atomic E-state index is 0.104. The van der Waals surface area contributed by atoms with E-state index in [9.17, 15) is 18.3 Å². The summed E-state index contributed by atoms with van der Waals surface area (Å²) >= 11 is 0. The van der Waals surface area contributed by atoms with Crippen molar-refractivity contribution in [1.29, 1.82) is 0 Å². The zero-order valence-electron chi connectivity index (χ0n) is 17.3. The van der Waals surface area contributed by atoms with Crippen LogP contribution in [0, 0.1) is 0 Å². The van der Waals surface area contributed by atoms with Crippen LogP contribution in [0.4, 0.5) is 0 Å². The topological polar surface area (TPSA) is 87.2 Å². The first-order chi connectivity index (χ1) is 14.1. The van der Waals surface area contributed by atoms with Gasteiger partial charge in [-0.1, -0.05) is 18.2 Å². The minimum Gasteiger partial charge on any atom is -0.485 e. The summed E-state index contributed by atoms with van der Waals surface area (Å²) in [5, 5.41) is 11.1. The van der Waals surface area contributed by atoms with Gasteiger partial charge in [0.15, 0.2) is 0 Å². The molecule has 2 atom stereocenters. The number of rotatable bonds is 3. The van der Waals surface area contributed by atoms with Crippen LogP contribution in [-0.2, 0) is 14.6 Å². The molecular formula is C22H26N2O5S. The molecule has 160 valence electrons. The van der Waals surface area contributed by atoms with Crippen molar-refractivity contribution < 1.29 is 23.1 Å². The Balaban J connectivity index is 1.82. The highest BCUT2D eigenvalue weighted by atomic mass is 32.2. The monoisotopic (exact) mass is 430 g/mol. The number of piperazine rings is 1. The van der Waals surface area contributed by atoms with Gasteiger partial charge in [-0.05, 0) is 51.2 Å². The Bertz CT molecular complexity index is 1070. The van der Waals surface area contributed by atoms with Crippen LogP contribution in [0.3, 0.4) is 0 Å².